The van der Waals surface area contributed by atoms with Gasteiger partial charge in [-0.3, -0.25) is 0 Å². The summed E-state index contributed by atoms with van der Waals surface area (Å²) in [7, 11) is -1.96. The third-order valence-corrected chi connectivity index (χ3v) is 9.45. The van der Waals surface area contributed by atoms with E-state index in [1.165, 1.54) is 51.4 Å². The molecule has 0 aliphatic heterocycles. The van der Waals surface area contributed by atoms with Gasteiger partial charge < -0.3 is 8.85 Å². The lowest BCUT2D eigenvalue weighted by Gasteiger charge is -2.39. The molecule has 21 heavy (non-hydrogen) atoms. The van der Waals surface area contributed by atoms with Crippen LogP contribution in [0.3, 0.4) is 0 Å². The fourth-order valence-corrected chi connectivity index (χ4v) is 6.82. The molecule has 0 spiro atoms. The summed E-state index contributed by atoms with van der Waals surface area (Å²) in [5.74, 6) is 1.79. The van der Waals surface area contributed by atoms with E-state index in [9.17, 15) is 0 Å². The van der Waals surface area contributed by atoms with Gasteiger partial charge in [-0.25, -0.2) is 0 Å². The highest BCUT2D eigenvalue weighted by atomic mass is 28.4. The topological polar surface area (TPSA) is 18.5 Å². The fraction of sp³-hybridized carbons (Fsp3) is 1.00. The highest BCUT2D eigenvalue weighted by Gasteiger charge is 2.40. The second kappa shape index (κ2) is 8.12. The Morgan fingerprint density at radius 3 is 1.29 bits per heavy atom. The van der Waals surface area contributed by atoms with Gasteiger partial charge in [0, 0.05) is 12.2 Å². The van der Waals surface area contributed by atoms with Gasteiger partial charge in [-0.2, -0.15) is 0 Å². The summed E-state index contributed by atoms with van der Waals surface area (Å²) in [6.07, 6.45) is 11.3. The molecule has 0 unspecified atom stereocenters. The Morgan fingerprint density at radius 2 is 1.00 bits per heavy atom. The second-order valence-corrected chi connectivity index (χ2v) is 11.3. The van der Waals surface area contributed by atoms with Gasteiger partial charge in [-0.15, -0.1) is 0 Å². The predicted octanol–water partition coefficient (Wildman–Crippen LogP) is 5.66. The normalized spacial score (nSPS) is 34.9. The average Bonchev–Trinajstić information content (AvgIpc) is 2.51. The van der Waals surface area contributed by atoms with E-state index >= 15 is 0 Å². The second-order valence-electron chi connectivity index (χ2n) is 7.62. The van der Waals surface area contributed by atoms with Crippen LogP contribution in [0.2, 0.25) is 12.1 Å². The van der Waals surface area contributed by atoms with Crippen molar-refractivity contribution >= 4 is 8.56 Å². The molecule has 2 aliphatic rings. The smallest absolute Gasteiger partial charge is 0.338 e. The molecule has 0 aromatic carbocycles. The molecule has 0 heterocycles. The maximum atomic E-state index is 6.67. The van der Waals surface area contributed by atoms with Crippen LogP contribution < -0.4 is 0 Å². The van der Waals surface area contributed by atoms with Gasteiger partial charge in [0.2, 0.25) is 0 Å². The number of hydrogen-bond donors (Lipinski definition) is 0. The Hall–Kier alpha value is 0.137. The standard InChI is InChI=1S/C18H36O2Si/c1-5-21(6-2,19-17-11-7-15(3)8-12-17)20-18-13-9-16(4)10-14-18/h15-18H,5-14H2,1-4H3. The van der Waals surface area contributed by atoms with Crippen LogP contribution in [0.1, 0.15) is 79.1 Å². The molecule has 0 aromatic heterocycles. The summed E-state index contributed by atoms with van der Waals surface area (Å²) >= 11 is 0. The molecule has 0 atom stereocenters. The summed E-state index contributed by atoms with van der Waals surface area (Å²) in [4.78, 5) is 0. The maximum absolute atomic E-state index is 6.67. The first-order chi connectivity index (χ1) is 10.1. The van der Waals surface area contributed by atoms with Gasteiger partial charge in [0.1, 0.15) is 0 Å². The van der Waals surface area contributed by atoms with Crippen molar-refractivity contribution in [1.82, 2.24) is 0 Å². The highest BCUT2D eigenvalue weighted by Crippen LogP contribution is 2.34. The first kappa shape index (κ1) is 17.5. The number of rotatable bonds is 6. The van der Waals surface area contributed by atoms with Crippen molar-refractivity contribution in [3.05, 3.63) is 0 Å². The summed E-state index contributed by atoms with van der Waals surface area (Å²) in [6, 6.07) is 2.23. The molecule has 0 aromatic rings. The lowest BCUT2D eigenvalue weighted by Crippen LogP contribution is -2.47. The largest absolute Gasteiger partial charge is 0.391 e. The van der Waals surface area contributed by atoms with E-state index in [1.54, 1.807) is 0 Å². The fourth-order valence-electron chi connectivity index (χ4n) is 3.91. The number of hydrogen-bond acceptors (Lipinski definition) is 2. The van der Waals surface area contributed by atoms with Gasteiger partial charge in [0.05, 0.1) is 0 Å². The minimum atomic E-state index is -1.96. The zero-order valence-electron chi connectivity index (χ0n) is 14.7. The molecule has 0 N–H and O–H groups in total. The van der Waals surface area contributed by atoms with E-state index in [0.717, 1.165) is 23.9 Å². The maximum Gasteiger partial charge on any atom is 0.338 e. The van der Waals surface area contributed by atoms with Crippen molar-refractivity contribution in [3.63, 3.8) is 0 Å². The Morgan fingerprint density at radius 1 is 0.667 bits per heavy atom. The van der Waals surface area contributed by atoms with Crippen LogP contribution in [0.25, 0.3) is 0 Å². The molecule has 0 saturated heterocycles. The van der Waals surface area contributed by atoms with E-state index in [2.05, 4.69) is 27.7 Å². The van der Waals surface area contributed by atoms with Crippen molar-refractivity contribution < 1.29 is 8.85 Å². The zero-order chi connectivity index (χ0) is 15.3. The molecule has 0 bridgehead atoms. The Kier molecular flexibility index (Phi) is 6.76. The van der Waals surface area contributed by atoms with Gasteiger partial charge in [-0.05, 0) is 75.3 Å². The molecular formula is C18H36O2Si. The molecule has 2 rings (SSSR count). The zero-order valence-corrected chi connectivity index (χ0v) is 15.7. The Bertz CT molecular complexity index is 262. The molecule has 2 saturated carbocycles. The van der Waals surface area contributed by atoms with Crippen LogP contribution in [-0.2, 0) is 8.85 Å². The van der Waals surface area contributed by atoms with Crippen molar-refractivity contribution in [2.45, 2.75) is 103 Å². The Balaban J connectivity index is 1.89. The van der Waals surface area contributed by atoms with Gasteiger partial charge in [0.25, 0.3) is 0 Å². The van der Waals surface area contributed by atoms with Gasteiger partial charge in [-0.1, -0.05) is 27.7 Å². The summed E-state index contributed by atoms with van der Waals surface area (Å²) < 4.78 is 13.3. The van der Waals surface area contributed by atoms with Crippen molar-refractivity contribution in [2.75, 3.05) is 0 Å². The molecule has 0 radical (unpaired) electrons. The molecule has 3 heteroatoms. The van der Waals surface area contributed by atoms with E-state index in [-0.39, 0.29) is 0 Å². The lowest BCUT2D eigenvalue weighted by molar-refractivity contribution is 0.0370. The Labute approximate surface area is 133 Å². The van der Waals surface area contributed by atoms with Crippen LogP contribution in [0.4, 0.5) is 0 Å². The van der Waals surface area contributed by atoms with E-state index in [4.69, 9.17) is 8.85 Å². The van der Waals surface area contributed by atoms with Gasteiger partial charge >= 0.3 is 8.56 Å². The van der Waals surface area contributed by atoms with E-state index in [0.29, 0.717) is 12.2 Å². The minimum absolute atomic E-state index is 0.482. The van der Waals surface area contributed by atoms with Crippen molar-refractivity contribution in [1.29, 1.82) is 0 Å². The van der Waals surface area contributed by atoms with Crippen molar-refractivity contribution in [2.24, 2.45) is 11.8 Å². The SMILES string of the molecule is CC[Si](CC)(OC1CCC(C)CC1)OC1CCC(C)CC1. The first-order valence-corrected chi connectivity index (χ1v) is 11.7. The van der Waals surface area contributed by atoms with Crippen LogP contribution in [0.5, 0.6) is 0 Å². The molecule has 124 valence electrons. The molecule has 2 aliphatic carbocycles. The minimum Gasteiger partial charge on any atom is -0.391 e. The summed E-state index contributed by atoms with van der Waals surface area (Å²) in [6.45, 7) is 9.32. The van der Waals surface area contributed by atoms with Gasteiger partial charge in [0.15, 0.2) is 0 Å². The van der Waals surface area contributed by atoms with E-state index in [1.807, 2.05) is 0 Å². The molecule has 2 nitrogen and oxygen atoms in total. The van der Waals surface area contributed by atoms with E-state index < -0.39 is 8.56 Å². The monoisotopic (exact) mass is 312 g/mol. The lowest BCUT2D eigenvalue weighted by atomic mass is 9.89. The third kappa shape index (κ3) is 5.07. The van der Waals surface area contributed by atoms with Crippen LogP contribution in [0, 0.1) is 11.8 Å². The van der Waals surface area contributed by atoms with Crippen LogP contribution >= 0.6 is 0 Å². The van der Waals surface area contributed by atoms with Crippen LogP contribution in [0.15, 0.2) is 0 Å². The quantitative estimate of drug-likeness (QED) is 0.589. The summed E-state index contributed by atoms with van der Waals surface area (Å²) in [5, 5.41) is 0. The van der Waals surface area contributed by atoms with Crippen molar-refractivity contribution in [3.8, 4) is 0 Å². The average molecular weight is 313 g/mol. The third-order valence-electron chi connectivity index (χ3n) is 5.77. The molecule has 2 fully saturated rings. The highest BCUT2D eigenvalue weighted by molar-refractivity contribution is 6.67. The molecular weight excluding hydrogens is 276 g/mol. The molecule has 0 amide bonds. The van der Waals surface area contributed by atoms with Crippen LogP contribution in [-0.4, -0.2) is 20.8 Å². The summed E-state index contributed by atoms with van der Waals surface area (Å²) in [5.41, 5.74) is 0. The predicted molar refractivity (Wildman–Crippen MR) is 91.7 cm³/mol. The first-order valence-electron chi connectivity index (χ1n) is 9.42.